The van der Waals surface area contributed by atoms with E-state index in [9.17, 15) is 97.5 Å². The molecule has 620 valence electrons. The zero-order valence-corrected chi connectivity index (χ0v) is 65.4. The van der Waals surface area contributed by atoms with Gasteiger partial charge in [0.05, 0.1) is 25.2 Å². The molecule has 1 aliphatic rings. The fourth-order valence-electron chi connectivity index (χ4n) is 11.4. The second kappa shape index (κ2) is 53.1. The number of carboxylic acid groups (broad SMARTS) is 3. The third-order valence-electron chi connectivity index (χ3n) is 17.6. The number of likely N-dealkylation sites (tertiary alicyclic amines) is 1. The summed E-state index contributed by atoms with van der Waals surface area (Å²) in [7, 11) is 0. The molecule has 1 aromatic carbocycles. The first-order valence-corrected chi connectivity index (χ1v) is 39.1. The molecule has 37 nitrogen and oxygen atoms in total. The molecule has 0 unspecified atom stereocenters. The van der Waals surface area contributed by atoms with Crippen molar-refractivity contribution in [3.05, 3.63) is 35.9 Å². The molecule has 0 saturated carbocycles. The van der Waals surface area contributed by atoms with Gasteiger partial charge in [-0.15, -0.1) is 0 Å². The summed E-state index contributed by atoms with van der Waals surface area (Å²) in [4.78, 5) is 209. The summed E-state index contributed by atoms with van der Waals surface area (Å²) in [6, 6.07) is -10.4. The lowest BCUT2D eigenvalue weighted by Crippen LogP contribution is -2.61. The minimum atomic E-state index is -1.83. The van der Waals surface area contributed by atoms with E-state index in [0.717, 1.165) is 62.1 Å². The number of nitrogens with two attached hydrogens (primary N) is 4. The van der Waals surface area contributed by atoms with Gasteiger partial charge in [-0.3, -0.25) is 72.1 Å². The number of aliphatic imine (C=N–C) groups is 1. The third-order valence-corrected chi connectivity index (χ3v) is 19.0. The SMILES string of the molecule is CCCCCCCCCC(=O)OCCSC[C@H](NC(=O)[C@@H]1CCCN1C(=O)[C@H](CCCN=C(N)N)NC(=O)[C@H](CO)NC(=O)[C@H](CC(C)C)NC(=O)[C@H](Cc1ccccc1)NC(=O)[C@H](CS)NC(=O)[C@H](CC(=O)O)NC(=O)[C@@H](N)C(C)C)C(=O)N[C@@H](CCC(=O)O)C(=O)N[C@@H](CCCCN)C(=O)N[C@H](C(=O)O)[C@@H](C)O. The largest absolute Gasteiger partial charge is 0.481 e. The van der Waals surface area contributed by atoms with Crippen molar-refractivity contribution in [2.24, 2.45) is 39.8 Å². The average Bonchev–Trinajstić information content (AvgIpc) is 1.61. The van der Waals surface area contributed by atoms with Gasteiger partial charge in [0.15, 0.2) is 12.0 Å². The summed E-state index contributed by atoms with van der Waals surface area (Å²) in [6.07, 6.45) is 3.32. The lowest BCUT2D eigenvalue weighted by molar-refractivity contribution is -0.145. The van der Waals surface area contributed by atoms with Crippen LogP contribution in [0.25, 0.3) is 0 Å². The summed E-state index contributed by atoms with van der Waals surface area (Å²) in [5.41, 5.74) is 23.3. The second-order valence-electron chi connectivity index (χ2n) is 27.7. The molecule has 0 bridgehead atoms. The number of nitrogens with one attached hydrogen (secondary N) is 10. The lowest BCUT2D eigenvalue weighted by atomic mass is 10.0. The maximum atomic E-state index is 14.9. The van der Waals surface area contributed by atoms with Crippen LogP contribution in [0.4, 0.5) is 0 Å². The van der Waals surface area contributed by atoms with Gasteiger partial charge < -0.3 is 111 Å². The predicted molar refractivity (Wildman–Crippen MR) is 410 cm³/mol. The van der Waals surface area contributed by atoms with Crippen LogP contribution in [0.5, 0.6) is 0 Å². The van der Waals surface area contributed by atoms with Crippen molar-refractivity contribution in [1.29, 1.82) is 0 Å². The smallest absolute Gasteiger partial charge is 0.328 e. The fraction of sp³-hybridized carbons (Fsp3) is 0.690. The van der Waals surface area contributed by atoms with Crippen molar-refractivity contribution in [2.75, 3.05) is 50.1 Å². The predicted octanol–water partition coefficient (Wildman–Crippen LogP) is -2.58. The van der Waals surface area contributed by atoms with Crippen LogP contribution in [0.2, 0.25) is 0 Å². The van der Waals surface area contributed by atoms with E-state index in [4.69, 9.17) is 27.7 Å². The molecule has 110 heavy (non-hydrogen) atoms. The Kier molecular flexibility index (Phi) is 46.9. The van der Waals surface area contributed by atoms with E-state index in [1.165, 1.54) is 0 Å². The van der Waals surface area contributed by atoms with Gasteiger partial charge in [0.25, 0.3) is 0 Å². The number of ether oxygens (including phenoxy) is 1. The molecule has 1 aromatic rings. The highest BCUT2D eigenvalue weighted by molar-refractivity contribution is 7.99. The molecule has 1 aliphatic heterocycles. The van der Waals surface area contributed by atoms with Crippen LogP contribution in [0, 0.1) is 11.8 Å². The molecule has 2 rings (SSSR count). The number of thioether (sulfide) groups is 1. The van der Waals surface area contributed by atoms with Crippen LogP contribution in [0.15, 0.2) is 35.3 Å². The fourth-order valence-corrected chi connectivity index (χ4v) is 12.5. The molecule has 11 amide bonds. The standard InChI is InChI=1S/C71H118N16O21S2/c1-7-8-9-10-11-12-16-26-56(94)108-32-33-110-39-52(66(102)78-45(27-28-54(90)91)59(95)77-44(23-17-18-29-72)60(96)86-58(42(6)89)70(106)107)85-67(103)53-25-20-31-87(53)69(105)46(24-19-30-76-71(74)75)79-64(100)50(37-88)83-61(97)47(34-40(2)3)80-62(98)48(35-43-21-14-13-15-22-43)81-65(101)51(38-109)84-63(99)49(36-55(92)93)82-68(104)57(73)41(4)5/h13-15,21-22,40-42,44-53,57-58,88-89,109H,7-12,16-20,23-39,72-73H2,1-6H3,(H,77,95)(H,78,102)(H,79,100)(H,80,98)(H,81,101)(H,82,104)(H,83,97)(H,84,99)(H,85,103)(H,86,96)(H,90,91)(H,92,93)(H,106,107)(H4,74,75,76)/t42-,44+,45+,46+,47+,48+,49+,50+,51+,52+,53+,57+,58+/m1/s1. The molecule has 1 saturated heterocycles. The molecule has 0 aliphatic carbocycles. The maximum absolute atomic E-state index is 14.9. The molecule has 0 aromatic heterocycles. The molecule has 0 radical (unpaired) electrons. The van der Waals surface area contributed by atoms with Gasteiger partial charge in [0.1, 0.15) is 67.0 Å². The number of amides is 11. The topological polar surface area (TPSA) is 606 Å². The maximum Gasteiger partial charge on any atom is 0.328 e. The summed E-state index contributed by atoms with van der Waals surface area (Å²) in [5.74, 6) is -17.5. The zero-order valence-electron chi connectivity index (χ0n) is 63.7. The normalized spacial score (nSPS) is 15.9. The molecule has 1 heterocycles. The van der Waals surface area contributed by atoms with Crippen LogP contribution in [0.3, 0.4) is 0 Å². The Balaban J connectivity index is 2.57. The Morgan fingerprint density at radius 3 is 1.71 bits per heavy atom. The number of benzene rings is 1. The molecule has 1 fully saturated rings. The summed E-state index contributed by atoms with van der Waals surface area (Å²) in [5, 5.41) is 74.5. The highest BCUT2D eigenvalue weighted by Crippen LogP contribution is 2.22. The number of aliphatic carboxylic acids is 3. The Bertz CT molecular complexity index is 3190. The Labute approximate surface area is 650 Å². The Morgan fingerprint density at radius 1 is 0.600 bits per heavy atom. The zero-order chi connectivity index (χ0) is 82.6. The molecule has 13 atom stereocenters. The Hall–Kier alpha value is -8.92. The van der Waals surface area contributed by atoms with E-state index in [2.05, 4.69) is 77.7 Å². The van der Waals surface area contributed by atoms with Crippen molar-refractivity contribution >= 4 is 119 Å². The van der Waals surface area contributed by atoms with E-state index in [1.807, 2.05) is 0 Å². The van der Waals surface area contributed by atoms with Crippen molar-refractivity contribution in [1.82, 2.24) is 58.1 Å². The number of hydrogen-bond acceptors (Lipinski definition) is 23. The van der Waals surface area contributed by atoms with E-state index < -0.39 is 205 Å². The van der Waals surface area contributed by atoms with Crippen molar-refractivity contribution in [3.8, 4) is 0 Å². The number of carboxylic acids is 3. The number of carbonyl (C=O) groups is 15. The first-order valence-electron chi connectivity index (χ1n) is 37.3. The number of nitrogens with zero attached hydrogens (tertiary/aromatic N) is 2. The molecular formula is C71H118N16O21S2. The number of esters is 1. The lowest BCUT2D eigenvalue weighted by Gasteiger charge is -2.31. The van der Waals surface area contributed by atoms with Gasteiger partial charge in [0, 0.05) is 49.6 Å². The monoisotopic (exact) mass is 1590 g/mol. The minimum absolute atomic E-state index is 0.0114. The van der Waals surface area contributed by atoms with Gasteiger partial charge in [-0.25, -0.2) is 4.79 Å². The van der Waals surface area contributed by atoms with E-state index >= 15 is 0 Å². The van der Waals surface area contributed by atoms with Gasteiger partial charge in [-0.1, -0.05) is 103 Å². The van der Waals surface area contributed by atoms with Crippen molar-refractivity contribution < 1.29 is 102 Å². The van der Waals surface area contributed by atoms with E-state index in [1.54, 1.807) is 58.0 Å². The average molecular weight is 1600 g/mol. The first kappa shape index (κ1) is 97.2. The van der Waals surface area contributed by atoms with E-state index in [-0.39, 0.29) is 107 Å². The number of unbranched alkanes of at least 4 members (excludes halogenated alkanes) is 7. The van der Waals surface area contributed by atoms with Gasteiger partial charge in [-0.05, 0) is 95.1 Å². The second-order valence-corrected chi connectivity index (χ2v) is 29.2. The van der Waals surface area contributed by atoms with Crippen molar-refractivity contribution in [3.63, 3.8) is 0 Å². The van der Waals surface area contributed by atoms with Gasteiger partial charge in [-0.2, -0.15) is 24.4 Å². The molecule has 39 heteroatoms. The van der Waals surface area contributed by atoms with Crippen LogP contribution < -0.4 is 76.1 Å². The number of hydrogen-bond donors (Lipinski definition) is 20. The number of thiol groups is 1. The van der Waals surface area contributed by atoms with Crippen LogP contribution in [-0.4, -0.2) is 254 Å². The van der Waals surface area contributed by atoms with Gasteiger partial charge in [0.2, 0.25) is 65.0 Å². The van der Waals surface area contributed by atoms with E-state index in [0.29, 0.717) is 18.4 Å². The minimum Gasteiger partial charge on any atom is -0.481 e. The number of guanidine groups is 1. The van der Waals surface area contributed by atoms with Crippen LogP contribution in [0.1, 0.15) is 169 Å². The third kappa shape index (κ3) is 37.7. The quantitative estimate of drug-likeness (QED) is 0.0105. The van der Waals surface area contributed by atoms with Crippen molar-refractivity contribution in [2.45, 2.75) is 249 Å². The number of carbonyl (C=O) groups excluding carboxylic acids is 12. The number of aliphatic hydroxyl groups excluding tert-OH is 2. The number of aliphatic hydroxyl groups is 2. The van der Waals surface area contributed by atoms with Gasteiger partial charge >= 0.3 is 23.9 Å². The van der Waals surface area contributed by atoms with Crippen LogP contribution >= 0.6 is 24.4 Å². The summed E-state index contributed by atoms with van der Waals surface area (Å²) in [6.45, 7) is 8.71. The number of rotatable bonds is 56. The molecule has 23 N–H and O–H groups in total. The highest BCUT2D eigenvalue weighted by atomic mass is 32.2. The molecule has 0 spiro atoms. The molecular weight excluding hydrogens is 1480 g/mol. The Morgan fingerprint density at radius 2 is 1.13 bits per heavy atom. The summed E-state index contributed by atoms with van der Waals surface area (Å²) < 4.78 is 5.45. The summed E-state index contributed by atoms with van der Waals surface area (Å²) >= 11 is 5.26. The first-order chi connectivity index (χ1) is 52.1. The highest BCUT2D eigenvalue weighted by Gasteiger charge is 2.42. The van der Waals surface area contributed by atoms with Crippen LogP contribution in [-0.2, 0) is 83.1 Å².